The molecule has 18 nitrogen and oxygen atoms in total. The number of rotatable bonds is 7. The third kappa shape index (κ3) is 9.39. The van der Waals surface area contributed by atoms with Gasteiger partial charge in [-0.15, -0.1) is 22.7 Å². The maximum atomic E-state index is 15.0. The molecule has 8 amide bonds. The third-order valence-electron chi connectivity index (χ3n) is 11.9. The quantitative estimate of drug-likeness (QED) is 0.136. The monoisotopic (exact) mass is 1080 g/mol. The number of hydrogen-bond acceptors (Lipinski definition) is 16. The van der Waals surface area contributed by atoms with Crippen LogP contribution in [0.1, 0.15) is 104 Å². The van der Waals surface area contributed by atoms with Gasteiger partial charge in [-0.25, -0.2) is 34.0 Å². The van der Waals surface area contributed by atoms with Crippen LogP contribution in [0.25, 0.3) is 54.5 Å². The van der Waals surface area contributed by atoms with Gasteiger partial charge in [-0.3, -0.25) is 24.0 Å². The average molecular weight is 1080 g/mol. The number of carbonyl (C=O) groups is 8. The molecule has 0 atom stereocenters. The highest BCUT2D eigenvalue weighted by Gasteiger charge is 2.57. The third-order valence-corrected chi connectivity index (χ3v) is 14.2. The smallest absolute Gasteiger partial charge is 0.422 e. The molecule has 0 N–H and O–H groups in total. The first-order chi connectivity index (χ1) is 36.0. The molecule has 0 unspecified atom stereocenters. The Labute approximate surface area is 449 Å². The normalized spacial score (nSPS) is 16.4. The molecule has 4 aliphatic heterocycles. The Balaban J connectivity index is 1.13. The molecule has 2 aromatic carbocycles. The lowest BCUT2D eigenvalue weighted by Gasteiger charge is -2.26. The number of para-hydroxylation sites is 2. The van der Waals surface area contributed by atoms with E-state index in [1.54, 1.807) is 168 Å². The first kappa shape index (κ1) is 52.3. The van der Waals surface area contributed by atoms with E-state index >= 15 is 4.79 Å². The number of nitrogens with zero attached hydrogens (tertiary/aromatic N) is 4. The predicted octanol–water partition coefficient (Wildman–Crippen LogP) is 11.7. The van der Waals surface area contributed by atoms with Gasteiger partial charge in [0.05, 0.1) is 49.0 Å². The van der Waals surface area contributed by atoms with E-state index in [1.165, 1.54) is 0 Å². The molecule has 0 bridgehead atoms. The molecule has 6 aromatic rings. The summed E-state index contributed by atoms with van der Waals surface area (Å²) in [5.41, 5.74) is -5.03. The molecule has 0 aliphatic carbocycles. The van der Waals surface area contributed by atoms with E-state index in [9.17, 15) is 33.6 Å². The van der Waals surface area contributed by atoms with Crippen molar-refractivity contribution in [3.8, 4) is 9.75 Å². The summed E-state index contributed by atoms with van der Waals surface area (Å²) in [6, 6.07) is 23.7. The summed E-state index contributed by atoms with van der Waals surface area (Å²) >= 11 is 2.16. The van der Waals surface area contributed by atoms with Crippen molar-refractivity contribution in [1.82, 2.24) is 19.6 Å². The second-order valence-electron chi connectivity index (χ2n) is 22.3. The Morgan fingerprint density at radius 2 is 0.753 bits per heavy atom. The summed E-state index contributed by atoms with van der Waals surface area (Å²) in [6.07, 6.45) is -3.25. The van der Waals surface area contributed by atoms with Gasteiger partial charge in [0.15, 0.2) is 11.5 Å². The summed E-state index contributed by atoms with van der Waals surface area (Å²) in [5, 5.41) is 1.22. The van der Waals surface area contributed by atoms with E-state index in [-0.39, 0.29) is 66.4 Å². The molecule has 0 fully saturated rings. The van der Waals surface area contributed by atoms with Crippen LogP contribution in [-0.4, -0.2) is 96.4 Å². The van der Waals surface area contributed by atoms with Crippen molar-refractivity contribution in [2.24, 2.45) is 0 Å². The van der Waals surface area contributed by atoms with Gasteiger partial charge in [-0.2, -0.15) is 0 Å². The number of ether oxygens (including phenoxy) is 4. The Morgan fingerprint density at radius 1 is 0.429 bits per heavy atom. The largest absolute Gasteiger partial charge is 0.454 e. The highest BCUT2D eigenvalue weighted by atomic mass is 32.1. The Bertz CT molecular complexity index is 3690. The lowest BCUT2D eigenvalue weighted by molar-refractivity contribution is -0.144. The fraction of sp³-hybridized carbons (Fsp3) is 0.298. The zero-order chi connectivity index (χ0) is 55.6. The van der Waals surface area contributed by atoms with Crippen molar-refractivity contribution in [3.63, 3.8) is 0 Å². The van der Waals surface area contributed by atoms with E-state index in [0.29, 0.717) is 31.7 Å². The Morgan fingerprint density at radius 3 is 1.12 bits per heavy atom. The molecule has 10 rings (SSSR count). The standard InChI is InChI=1S/C57H52N4O14S2/c1-54(2,3)70-27-38(62)58-45(41-39(47(58)63)43(32-25-28-17-13-15-19-30(28)71-32)59(49(41)65)51(67)73-55(4,5)6)36-23-21-34(76-36)35-22-24-37(77-35)46-42-40(48(64)61(46)53(69)75-57(10,11)12)44(33-26-29-18-14-16-20-31(29)72-33)60(50(42)66)52(68)74-56(7,8)9/h13-26H,27H2,1-12H3. The predicted molar refractivity (Wildman–Crippen MR) is 285 cm³/mol. The van der Waals surface area contributed by atoms with E-state index in [2.05, 4.69) is 0 Å². The number of thiophene rings is 2. The van der Waals surface area contributed by atoms with Gasteiger partial charge in [0, 0.05) is 20.5 Å². The number of benzene rings is 2. The minimum absolute atomic E-state index is 0.000179. The van der Waals surface area contributed by atoms with Crippen molar-refractivity contribution in [1.29, 1.82) is 0 Å². The highest BCUT2D eigenvalue weighted by molar-refractivity contribution is 7.23. The molecular formula is C57H52N4O14S2. The van der Waals surface area contributed by atoms with Gasteiger partial charge >= 0.3 is 18.3 Å². The maximum Gasteiger partial charge on any atom is 0.422 e. The molecule has 0 saturated heterocycles. The summed E-state index contributed by atoms with van der Waals surface area (Å²) < 4.78 is 35.5. The molecule has 8 heterocycles. The highest BCUT2D eigenvalue weighted by Crippen LogP contribution is 2.53. The number of carbonyl (C=O) groups excluding carboxylic acids is 8. The van der Waals surface area contributed by atoms with Crippen LogP contribution in [0.15, 0.2) is 116 Å². The fourth-order valence-corrected chi connectivity index (χ4v) is 11.1. The average Bonchev–Trinajstić information content (AvgIpc) is 4.38. The maximum absolute atomic E-state index is 15.0. The summed E-state index contributed by atoms with van der Waals surface area (Å²) in [7, 11) is 0. The molecule has 0 radical (unpaired) electrons. The Kier molecular flexibility index (Phi) is 12.4. The first-order valence-electron chi connectivity index (χ1n) is 24.4. The molecular weight excluding hydrogens is 1030 g/mol. The van der Waals surface area contributed by atoms with Gasteiger partial charge in [0.1, 0.15) is 46.0 Å². The fourth-order valence-electron chi connectivity index (χ4n) is 8.96. The van der Waals surface area contributed by atoms with Gasteiger partial charge < -0.3 is 27.8 Å². The molecule has 4 aliphatic rings. The van der Waals surface area contributed by atoms with Crippen molar-refractivity contribution in [2.75, 3.05) is 6.61 Å². The molecule has 20 heteroatoms. The summed E-state index contributed by atoms with van der Waals surface area (Å²) in [4.78, 5) is 121. The van der Waals surface area contributed by atoms with Crippen LogP contribution in [0.4, 0.5) is 14.4 Å². The topological polar surface area (TPSA) is 213 Å². The van der Waals surface area contributed by atoms with Gasteiger partial charge in [-0.05, 0) is 132 Å². The van der Waals surface area contributed by atoms with E-state index in [4.69, 9.17) is 27.8 Å². The zero-order valence-corrected chi connectivity index (χ0v) is 45.7. The van der Waals surface area contributed by atoms with Crippen molar-refractivity contribution in [2.45, 2.75) is 105 Å². The van der Waals surface area contributed by atoms with Gasteiger partial charge in [0.25, 0.3) is 29.5 Å². The lowest BCUT2D eigenvalue weighted by atomic mass is 10.1. The van der Waals surface area contributed by atoms with Crippen LogP contribution in [0, 0.1) is 0 Å². The van der Waals surface area contributed by atoms with Crippen LogP contribution < -0.4 is 0 Å². The number of fused-ring (bicyclic) bond motifs is 4. The van der Waals surface area contributed by atoms with Crippen LogP contribution in [0.3, 0.4) is 0 Å². The summed E-state index contributed by atoms with van der Waals surface area (Å²) in [6.45, 7) is 19.3. The molecule has 77 heavy (non-hydrogen) atoms. The second kappa shape index (κ2) is 18.2. The van der Waals surface area contributed by atoms with E-state index in [0.717, 1.165) is 42.3 Å². The molecule has 396 valence electrons. The molecule has 0 spiro atoms. The number of amides is 8. The minimum atomic E-state index is -1.10. The first-order valence-corrected chi connectivity index (χ1v) is 26.0. The summed E-state index contributed by atoms with van der Waals surface area (Å²) in [5.74, 6) is -4.57. The van der Waals surface area contributed by atoms with Crippen LogP contribution in [0.2, 0.25) is 0 Å². The van der Waals surface area contributed by atoms with Crippen molar-refractivity contribution >= 4 is 115 Å². The number of hydrogen-bond donors (Lipinski definition) is 0. The van der Waals surface area contributed by atoms with Crippen LogP contribution in [-0.2, 0) is 42.9 Å². The van der Waals surface area contributed by atoms with Crippen molar-refractivity contribution in [3.05, 3.63) is 128 Å². The molecule has 4 aromatic heterocycles. The minimum Gasteiger partial charge on any atom is -0.454 e. The lowest BCUT2D eigenvalue weighted by Crippen LogP contribution is -2.40. The van der Waals surface area contributed by atoms with E-state index in [1.807, 2.05) is 0 Å². The van der Waals surface area contributed by atoms with Crippen molar-refractivity contribution < 1.29 is 66.1 Å². The van der Waals surface area contributed by atoms with E-state index < -0.39 is 76.8 Å². The van der Waals surface area contributed by atoms with Crippen LogP contribution in [0.5, 0.6) is 0 Å². The SMILES string of the molecule is CC(C)(C)OCC(=O)N1C(=O)C2=C(c3cc4ccccc4o3)N(C(=O)OC(C)(C)C)C(=O)C2=C1c1ccc(-c2ccc(C3=C4C(=O)N(C(=O)OC(C)(C)C)C(c5cc6ccccc6o5)=C4C(=O)N3C(=O)OC(C)(C)C)s2)s1. The second-order valence-corrected chi connectivity index (χ2v) is 24.5. The van der Waals surface area contributed by atoms with Gasteiger partial charge in [-0.1, -0.05) is 36.4 Å². The number of furan rings is 2. The molecule has 0 saturated carbocycles. The van der Waals surface area contributed by atoms with Crippen LogP contribution >= 0.6 is 22.7 Å². The van der Waals surface area contributed by atoms with Gasteiger partial charge in [0.2, 0.25) is 0 Å². The number of imide groups is 4. The zero-order valence-electron chi connectivity index (χ0n) is 44.1. The Hall–Kier alpha value is -8.20.